The number of carbonyl (C=O) groups excluding carboxylic acids is 2. The molecule has 134 valence electrons. The van der Waals surface area contributed by atoms with Crippen LogP contribution in [0.4, 0.5) is 0 Å². The summed E-state index contributed by atoms with van der Waals surface area (Å²) in [4.78, 5) is 24.0. The van der Waals surface area contributed by atoms with Crippen molar-refractivity contribution in [3.63, 3.8) is 0 Å². The van der Waals surface area contributed by atoms with E-state index in [2.05, 4.69) is 6.92 Å². The summed E-state index contributed by atoms with van der Waals surface area (Å²) in [6, 6.07) is 0. The second kappa shape index (κ2) is 5.82. The molecular formula is C20H30O4. The van der Waals surface area contributed by atoms with Crippen LogP contribution in [0.15, 0.2) is 0 Å². The molecule has 0 radical (unpaired) electrons. The number of Topliss-reactive ketones (excluding diaryl/α,β-unsaturated/α-hetero) is 1. The molecule has 0 spiro atoms. The van der Waals surface area contributed by atoms with Crippen LogP contribution >= 0.6 is 0 Å². The molecule has 1 N–H and O–H groups in total. The van der Waals surface area contributed by atoms with Crippen molar-refractivity contribution in [1.82, 2.24) is 0 Å². The van der Waals surface area contributed by atoms with Gasteiger partial charge in [0.1, 0.15) is 0 Å². The van der Waals surface area contributed by atoms with Crippen LogP contribution in [0.5, 0.6) is 0 Å². The molecule has 4 heteroatoms. The fourth-order valence-electron chi connectivity index (χ4n) is 6.94. The number of hydrogen-bond acceptors (Lipinski definition) is 4. The van der Waals surface area contributed by atoms with Gasteiger partial charge in [-0.1, -0.05) is 6.92 Å². The number of ether oxygens (including phenoxy) is 1. The third-order valence-corrected chi connectivity index (χ3v) is 7.96. The van der Waals surface area contributed by atoms with Crippen molar-refractivity contribution in [1.29, 1.82) is 0 Å². The summed E-state index contributed by atoms with van der Waals surface area (Å²) in [5.41, 5.74) is -0.162. The number of fused-ring (bicyclic) bond motifs is 5. The van der Waals surface area contributed by atoms with E-state index in [-0.39, 0.29) is 23.3 Å². The molecule has 0 aromatic heterocycles. The Kier molecular flexibility index (Phi) is 4.02. The van der Waals surface area contributed by atoms with Crippen LogP contribution in [-0.4, -0.2) is 29.1 Å². The molecule has 0 aliphatic heterocycles. The van der Waals surface area contributed by atoms with Crippen LogP contribution in [0.1, 0.15) is 65.2 Å². The fourth-order valence-corrected chi connectivity index (χ4v) is 6.94. The number of carbonyl (C=O) groups is 2. The Morgan fingerprint density at radius 3 is 2.62 bits per heavy atom. The summed E-state index contributed by atoms with van der Waals surface area (Å²) in [5, 5.41) is 10.00. The Hall–Kier alpha value is -0.900. The van der Waals surface area contributed by atoms with Gasteiger partial charge < -0.3 is 9.84 Å². The SMILES string of the molecule is CC(=O)O[C@@H]1C(=O)C[C@@H]2[C@H]3CC[C@@H]4C[C@@H](O)CC[C@H]4[C@@H]3CC[C@@]12C. The molecule has 4 saturated carbocycles. The predicted octanol–water partition coefficient (Wildman–Crippen LogP) is 3.11. The van der Waals surface area contributed by atoms with Gasteiger partial charge in [-0.05, 0) is 74.5 Å². The lowest BCUT2D eigenvalue weighted by Gasteiger charge is -2.55. The summed E-state index contributed by atoms with van der Waals surface area (Å²) in [6.07, 6.45) is 7.57. The Morgan fingerprint density at radius 1 is 1.12 bits per heavy atom. The Bertz CT molecular complexity index is 544. The Labute approximate surface area is 144 Å². The van der Waals surface area contributed by atoms with Gasteiger partial charge in [-0.3, -0.25) is 9.59 Å². The lowest BCUT2D eigenvalue weighted by molar-refractivity contribution is -0.162. The quantitative estimate of drug-likeness (QED) is 0.748. The average molecular weight is 334 g/mol. The molecule has 0 aromatic rings. The lowest BCUT2D eigenvalue weighted by Crippen LogP contribution is -2.50. The van der Waals surface area contributed by atoms with E-state index in [1.807, 2.05) is 0 Å². The van der Waals surface area contributed by atoms with E-state index in [0.29, 0.717) is 30.1 Å². The number of rotatable bonds is 1. The summed E-state index contributed by atoms with van der Waals surface area (Å²) in [6.45, 7) is 3.59. The van der Waals surface area contributed by atoms with E-state index in [4.69, 9.17) is 4.74 Å². The number of hydrogen-bond donors (Lipinski definition) is 1. The van der Waals surface area contributed by atoms with Crippen molar-refractivity contribution in [2.45, 2.75) is 77.4 Å². The van der Waals surface area contributed by atoms with Crippen LogP contribution in [0.3, 0.4) is 0 Å². The maximum atomic E-state index is 12.6. The second-order valence-corrected chi connectivity index (χ2v) is 9.11. The normalized spacial score (nSPS) is 50.6. The first-order chi connectivity index (χ1) is 11.4. The maximum Gasteiger partial charge on any atom is 0.303 e. The van der Waals surface area contributed by atoms with Gasteiger partial charge in [-0.15, -0.1) is 0 Å². The van der Waals surface area contributed by atoms with E-state index in [9.17, 15) is 14.7 Å². The second-order valence-electron chi connectivity index (χ2n) is 9.11. The minimum absolute atomic E-state index is 0.0990. The highest BCUT2D eigenvalue weighted by atomic mass is 16.5. The van der Waals surface area contributed by atoms with E-state index >= 15 is 0 Å². The van der Waals surface area contributed by atoms with Crippen molar-refractivity contribution in [3.8, 4) is 0 Å². The van der Waals surface area contributed by atoms with E-state index in [1.54, 1.807) is 0 Å². The predicted molar refractivity (Wildman–Crippen MR) is 89.1 cm³/mol. The van der Waals surface area contributed by atoms with Crippen molar-refractivity contribution in [3.05, 3.63) is 0 Å². The first-order valence-electron chi connectivity index (χ1n) is 9.78. The van der Waals surface area contributed by atoms with Gasteiger partial charge in [0.25, 0.3) is 0 Å². The van der Waals surface area contributed by atoms with Gasteiger partial charge in [0.15, 0.2) is 11.9 Å². The van der Waals surface area contributed by atoms with Crippen LogP contribution < -0.4 is 0 Å². The van der Waals surface area contributed by atoms with E-state index in [1.165, 1.54) is 19.8 Å². The topological polar surface area (TPSA) is 63.6 Å². The third-order valence-electron chi connectivity index (χ3n) is 7.96. The number of esters is 1. The van der Waals surface area contributed by atoms with Crippen LogP contribution in [-0.2, 0) is 14.3 Å². The number of aliphatic hydroxyl groups excluding tert-OH is 1. The standard InChI is InChI=1S/C20H30O4/c1-11(21)24-19-18(23)10-17-16-5-3-12-9-13(22)4-6-14(12)15(16)7-8-20(17,19)2/h12-17,19,22H,3-10H2,1-2H3/t12-,13+,14-,15+,16+,17-,19-,20-/m1/s1. The highest BCUT2D eigenvalue weighted by Crippen LogP contribution is 2.62. The zero-order valence-corrected chi connectivity index (χ0v) is 14.9. The van der Waals surface area contributed by atoms with Crippen molar-refractivity contribution < 1.29 is 19.4 Å². The molecule has 0 unspecified atom stereocenters. The first kappa shape index (κ1) is 16.6. The Morgan fingerprint density at radius 2 is 1.88 bits per heavy atom. The van der Waals surface area contributed by atoms with E-state index < -0.39 is 6.10 Å². The largest absolute Gasteiger partial charge is 0.454 e. The minimum atomic E-state index is -0.521. The monoisotopic (exact) mass is 334 g/mol. The molecule has 4 fully saturated rings. The van der Waals surface area contributed by atoms with Gasteiger partial charge >= 0.3 is 5.97 Å². The summed E-state index contributed by atoms with van der Waals surface area (Å²) in [7, 11) is 0. The van der Waals surface area contributed by atoms with Crippen molar-refractivity contribution in [2.24, 2.45) is 35.0 Å². The van der Waals surface area contributed by atoms with Gasteiger partial charge in [-0.2, -0.15) is 0 Å². The molecule has 24 heavy (non-hydrogen) atoms. The summed E-state index contributed by atoms with van der Waals surface area (Å²) >= 11 is 0. The van der Waals surface area contributed by atoms with Crippen LogP contribution in [0, 0.1) is 35.0 Å². The molecular weight excluding hydrogens is 304 g/mol. The number of aliphatic hydroxyl groups is 1. The number of ketones is 1. The Balaban J connectivity index is 1.57. The lowest BCUT2D eigenvalue weighted by atomic mass is 9.50. The molecule has 0 heterocycles. The molecule has 4 aliphatic carbocycles. The molecule has 0 bridgehead atoms. The molecule has 8 atom stereocenters. The highest BCUT2D eigenvalue weighted by molar-refractivity contribution is 5.89. The molecule has 4 rings (SSSR count). The zero-order chi connectivity index (χ0) is 17.1. The van der Waals surface area contributed by atoms with Gasteiger partial charge in [0.2, 0.25) is 0 Å². The summed E-state index contributed by atoms with van der Waals surface area (Å²) in [5.74, 6) is 2.91. The highest BCUT2D eigenvalue weighted by Gasteiger charge is 2.61. The van der Waals surface area contributed by atoms with Gasteiger partial charge in [0, 0.05) is 18.8 Å². The maximum absolute atomic E-state index is 12.6. The average Bonchev–Trinajstić information content (AvgIpc) is 2.78. The summed E-state index contributed by atoms with van der Waals surface area (Å²) < 4.78 is 5.47. The molecule has 4 nitrogen and oxygen atoms in total. The smallest absolute Gasteiger partial charge is 0.303 e. The molecule has 4 aliphatic rings. The zero-order valence-electron chi connectivity index (χ0n) is 14.9. The molecule has 0 aromatic carbocycles. The van der Waals surface area contributed by atoms with Crippen molar-refractivity contribution >= 4 is 11.8 Å². The van der Waals surface area contributed by atoms with Crippen LogP contribution in [0.2, 0.25) is 0 Å². The first-order valence-corrected chi connectivity index (χ1v) is 9.78. The van der Waals surface area contributed by atoms with Gasteiger partial charge in [-0.25, -0.2) is 0 Å². The fraction of sp³-hybridized carbons (Fsp3) is 0.900. The van der Waals surface area contributed by atoms with Crippen molar-refractivity contribution in [2.75, 3.05) is 0 Å². The third kappa shape index (κ3) is 2.44. The van der Waals surface area contributed by atoms with Gasteiger partial charge in [0.05, 0.1) is 6.10 Å². The minimum Gasteiger partial charge on any atom is -0.454 e. The van der Waals surface area contributed by atoms with E-state index in [0.717, 1.165) is 38.0 Å². The van der Waals surface area contributed by atoms with Crippen LogP contribution in [0.25, 0.3) is 0 Å². The molecule has 0 amide bonds. The molecule has 0 saturated heterocycles.